The summed E-state index contributed by atoms with van der Waals surface area (Å²) in [6, 6.07) is 10.2. The van der Waals surface area contributed by atoms with E-state index in [1.165, 1.54) is 4.31 Å². The van der Waals surface area contributed by atoms with Crippen molar-refractivity contribution in [2.24, 2.45) is 0 Å². The zero-order valence-electron chi connectivity index (χ0n) is 12.8. The van der Waals surface area contributed by atoms with Crippen LogP contribution in [-0.2, 0) is 10.0 Å². The van der Waals surface area contributed by atoms with Gasteiger partial charge in [-0.25, -0.2) is 8.42 Å². The van der Waals surface area contributed by atoms with Crippen molar-refractivity contribution in [3.05, 3.63) is 47.9 Å². The van der Waals surface area contributed by atoms with E-state index in [0.29, 0.717) is 17.2 Å². The predicted octanol–water partition coefficient (Wildman–Crippen LogP) is 3.32. The van der Waals surface area contributed by atoms with E-state index in [-0.39, 0.29) is 12.0 Å². The molecule has 1 saturated heterocycles. The third-order valence-corrected chi connectivity index (χ3v) is 5.94. The van der Waals surface area contributed by atoms with E-state index < -0.39 is 10.0 Å². The van der Waals surface area contributed by atoms with Crippen molar-refractivity contribution in [1.82, 2.24) is 9.46 Å². The highest BCUT2D eigenvalue weighted by Crippen LogP contribution is 2.37. The Kier molecular flexibility index (Phi) is 4.06. The summed E-state index contributed by atoms with van der Waals surface area (Å²) in [5.41, 5.74) is 0.860. The molecule has 1 aliphatic rings. The lowest BCUT2D eigenvalue weighted by atomic mass is 10.1. The molecule has 2 aromatic rings. The van der Waals surface area contributed by atoms with Crippen LogP contribution in [0.4, 0.5) is 0 Å². The fourth-order valence-electron chi connectivity index (χ4n) is 2.77. The Morgan fingerprint density at radius 2 is 2.00 bits per heavy atom. The van der Waals surface area contributed by atoms with Gasteiger partial charge < -0.3 is 4.52 Å². The van der Waals surface area contributed by atoms with E-state index in [1.807, 2.05) is 26.0 Å². The van der Waals surface area contributed by atoms with E-state index in [0.717, 1.165) is 18.5 Å². The molecule has 0 radical (unpaired) electrons. The monoisotopic (exact) mass is 320 g/mol. The molecule has 0 bridgehead atoms. The molecule has 0 spiro atoms. The quantitative estimate of drug-likeness (QED) is 0.867. The van der Waals surface area contributed by atoms with Gasteiger partial charge in [0, 0.05) is 12.6 Å². The lowest BCUT2D eigenvalue weighted by Crippen LogP contribution is -2.30. The molecule has 1 aromatic carbocycles. The number of hydrogen-bond donors (Lipinski definition) is 0. The number of nitrogens with zero attached hydrogens (tertiary/aromatic N) is 2. The fourth-order valence-corrected chi connectivity index (χ4v) is 4.46. The maximum atomic E-state index is 12.8. The molecule has 1 aliphatic heterocycles. The Labute approximate surface area is 131 Å². The van der Waals surface area contributed by atoms with Crippen molar-refractivity contribution < 1.29 is 12.9 Å². The van der Waals surface area contributed by atoms with Gasteiger partial charge in [0.25, 0.3) is 0 Å². The summed E-state index contributed by atoms with van der Waals surface area (Å²) in [4.78, 5) is 0.325. The predicted molar refractivity (Wildman–Crippen MR) is 82.9 cm³/mol. The van der Waals surface area contributed by atoms with Gasteiger partial charge in [0.05, 0.1) is 16.6 Å². The molecule has 1 fully saturated rings. The second-order valence-electron chi connectivity index (χ2n) is 5.90. The van der Waals surface area contributed by atoms with E-state index in [9.17, 15) is 8.42 Å². The molecule has 22 heavy (non-hydrogen) atoms. The van der Waals surface area contributed by atoms with Crippen LogP contribution >= 0.6 is 0 Å². The molecule has 0 unspecified atom stereocenters. The first-order valence-electron chi connectivity index (χ1n) is 7.53. The highest BCUT2D eigenvalue weighted by Gasteiger charge is 2.38. The molecule has 0 amide bonds. The van der Waals surface area contributed by atoms with Gasteiger partial charge in [-0.05, 0) is 30.9 Å². The number of rotatable bonds is 4. The van der Waals surface area contributed by atoms with Crippen molar-refractivity contribution in [1.29, 1.82) is 0 Å². The maximum absolute atomic E-state index is 12.8. The number of benzene rings is 1. The summed E-state index contributed by atoms with van der Waals surface area (Å²) < 4.78 is 32.6. The fraction of sp³-hybridized carbons (Fsp3) is 0.438. The van der Waals surface area contributed by atoms with Crippen molar-refractivity contribution in [3.63, 3.8) is 0 Å². The van der Waals surface area contributed by atoms with E-state index in [2.05, 4.69) is 5.16 Å². The topological polar surface area (TPSA) is 63.4 Å². The van der Waals surface area contributed by atoms with Crippen LogP contribution in [0.2, 0.25) is 0 Å². The first-order chi connectivity index (χ1) is 10.5. The van der Waals surface area contributed by atoms with Gasteiger partial charge in [0.15, 0.2) is 5.76 Å². The van der Waals surface area contributed by atoms with Crippen LogP contribution in [0.5, 0.6) is 0 Å². The summed E-state index contributed by atoms with van der Waals surface area (Å²) in [6.45, 7) is 4.59. The van der Waals surface area contributed by atoms with Crippen LogP contribution < -0.4 is 0 Å². The van der Waals surface area contributed by atoms with E-state index in [1.54, 1.807) is 24.3 Å². The summed E-state index contributed by atoms with van der Waals surface area (Å²) in [5.74, 6) is 0.902. The van der Waals surface area contributed by atoms with Crippen LogP contribution in [0.15, 0.2) is 45.8 Å². The molecule has 1 atom stereocenters. The highest BCUT2D eigenvalue weighted by atomic mass is 32.2. The average molecular weight is 320 g/mol. The molecule has 1 aromatic heterocycles. The maximum Gasteiger partial charge on any atom is 0.243 e. The minimum absolute atomic E-state index is 0.259. The van der Waals surface area contributed by atoms with Crippen molar-refractivity contribution in [2.45, 2.75) is 43.5 Å². The summed E-state index contributed by atoms with van der Waals surface area (Å²) in [7, 11) is -3.50. The normalized spacial score (nSPS) is 19.9. The Morgan fingerprint density at radius 1 is 1.27 bits per heavy atom. The number of hydrogen-bond acceptors (Lipinski definition) is 4. The van der Waals surface area contributed by atoms with Crippen molar-refractivity contribution >= 4 is 10.0 Å². The number of aromatic nitrogens is 1. The van der Waals surface area contributed by atoms with Crippen molar-refractivity contribution in [2.75, 3.05) is 6.54 Å². The molecule has 118 valence electrons. The molecule has 0 N–H and O–H groups in total. The molecular weight excluding hydrogens is 300 g/mol. The molecule has 3 rings (SSSR count). The Balaban J connectivity index is 1.93. The SMILES string of the molecule is CC(C)c1cc([C@H]2CCCN2S(=O)(=O)c2ccccc2)on1. The smallest absolute Gasteiger partial charge is 0.243 e. The highest BCUT2D eigenvalue weighted by molar-refractivity contribution is 7.89. The standard InChI is InChI=1S/C16H20N2O3S/c1-12(2)14-11-16(21-17-14)15-9-6-10-18(15)22(19,20)13-7-4-3-5-8-13/h3-5,7-8,11-12,15H,6,9-10H2,1-2H3/t15-/m1/s1. The first-order valence-corrected chi connectivity index (χ1v) is 8.97. The van der Waals surface area contributed by atoms with Gasteiger partial charge in [0.1, 0.15) is 0 Å². The van der Waals surface area contributed by atoms with Crippen LogP contribution in [-0.4, -0.2) is 24.4 Å². The van der Waals surface area contributed by atoms with Gasteiger partial charge in [-0.1, -0.05) is 37.2 Å². The zero-order chi connectivity index (χ0) is 15.7. The lowest BCUT2D eigenvalue weighted by Gasteiger charge is -2.22. The lowest BCUT2D eigenvalue weighted by molar-refractivity contribution is 0.295. The third-order valence-electron chi connectivity index (χ3n) is 4.02. The van der Waals surface area contributed by atoms with Gasteiger partial charge in [0.2, 0.25) is 10.0 Å². The van der Waals surface area contributed by atoms with Gasteiger partial charge in [-0.15, -0.1) is 0 Å². The van der Waals surface area contributed by atoms with Crippen LogP contribution in [0, 0.1) is 0 Å². The number of sulfonamides is 1. The molecule has 6 heteroatoms. The Morgan fingerprint density at radius 3 is 2.64 bits per heavy atom. The van der Waals surface area contributed by atoms with Gasteiger partial charge >= 0.3 is 0 Å². The molecule has 5 nitrogen and oxygen atoms in total. The second-order valence-corrected chi connectivity index (χ2v) is 7.79. The molecule has 0 saturated carbocycles. The summed E-state index contributed by atoms with van der Waals surface area (Å²) in [5, 5.41) is 4.05. The first kappa shape index (κ1) is 15.2. The van der Waals surface area contributed by atoms with Gasteiger partial charge in [-0.3, -0.25) is 0 Å². The summed E-state index contributed by atoms with van der Waals surface area (Å²) in [6.07, 6.45) is 1.59. The van der Waals surface area contributed by atoms with E-state index >= 15 is 0 Å². The third kappa shape index (κ3) is 2.68. The zero-order valence-corrected chi connectivity index (χ0v) is 13.6. The largest absolute Gasteiger partial charge is 0.359 e. The Bertz CT molecular complexity index is 738. The van der Waals surface area contributed by atoms with Crippen LogP contribution in [0.25, 0.3) is 0 Å². The molecule has 0 aliphatic carbocycles. The Hall–Kier alpha value is -1.66. The van der Waals surface area contributed by atoms with Crippen molar-refractivity contribution in [3.8, 4) is 0 Å². The summed E-state index contributed by atoms with van der Waals surface area (Å²) >= 11 is 0. The van der Waals surface area contributed by atoms with Gasteiger partial charge in [-0.2, -0.15) is 4.31 Å². The van der Waals surface area contributed by atoms with Crippen LogP contribution in [0.3, 0.4) is 0 Å². The van der Waals surface area contributed by atoms with E-state index in [4.69, 9.17) is 4.52 Å². The minimum Gasteiger partial charge on any atom is -0.359 e. The molecular formula is C16H20N2O3S. The minimum atomic E-state index is -3.50. The second kappa shape index (κ2) is 5.85. The average Bonchev–Trinajstić information content (AvgIpc) is 3.17. The molecule has 2 heterocycles. The van der Waals surface area contributed by atoms with Crippen LogP contribution in [0.1, 0.15) is 50.1 Å².